The minimum Gasteiger partial charge on any atom is -0.446 e. The number of imidazole rings is 1. The number of aromatic amines is 1. The van der Waals surface area contributed by atoms with Crippen LogP contribution in [0.1, 0.15) is 51.4 Å². The second-order valence-electron chi connectivity index (χ2n) is 10.6. The SMILES string of the molecule is CC(C)[C@H](NC(=O)OC1CCOCC1)C(O)N1CCCC1c1ncc(-c2ccc(-c3ccccc3)cc2)[nH]1. The second-order valence-corrected chi connectivity index (χ2v) is 10.6. The quantitative estimate of drug-likeness (QED) is 0.382. The lowest BCUT2D eigenvalue weighted by Crippen LogP contribution is -2.54. The lowest BCUT2D eigenvalue weighted by molar-refractivity contribution is -0.0486. The van der Waals surface area contributed by atoms with Gasteiger partial charge in [0.05, 0.1) is 37.2 Å². The molecule has 2 aliphatic rings. The number of aromatic nitrogens is 2. The summed E-state index contributed by atoms with van der Waals surface area (Å²) in [6, 6.07) is 18.2. The fraction of sp³-hybridized carbons (Fsp3) is 0.467. The van der Waals surface area contributed by atoms with Crippen LogP contribution in [0.4, 0.5) is 4.79 Å². The van der Waals surface area contributed by atoms with Crippen LogP contribution in [0.3, 0.4) is 0 Å². The molecule has 0 spiro atoms. The van der Waals surface area contributed by atoms with Crippen LogP contribution in [0, 0.1) is 5.92 Å². The monoisotopic (exact) mass is 518 g/mol. The van der Waals surface area contributed by atoms with Crippen LogP contribution in [-0.4, -0.2) is 64.2 Å². The van der Waals surface area contributed by atoms with E-state index in [1.54, 1.807) is 0 Å². The molecule has 202 valence electrons. The molecule has 38 heavy (non-hydrogen) atoms. The molecule has 3 heterocycles. The van der Waals surface area contributed by atoms with Crippen molar-refractivity contribution >= 4 is 6.09 Å². The first-order valence-corrected chi connectivity index (χ1v) is 13.7. The van der Waals surface area contributed by atoms with Gasteiger partial charge in [-0.25, -0.2) is 9.78 Å². The maximum absolute atomic E-state index is 12.6. The van der Waals surface area contributed by atoms with Gasteiger partial charge in [0.2, 0.25) is 0 Å². The van der Waals surface area contributed by atoms with Gasteiger partial charge < -0.3 is 24.9 Å². The molecule has 5 rings (SSSR count). The minimum atomic E-state index is -0.858. The molecule has 0 bridgehead atoms. The lowest BCUT2D eigenvalue weighted by Gasteiger charge is -2.36. The molecule has 1 aromatic heterocycles. The Bertz CT molecular complexity index is 1170. The predicted octanol–water partition coefficient (Wildman–Crippen LogP) is 5.13. The van der Waals surface area contributed by atoms with Crippen LogP contribution in [0.5, 0.6) is 0 Å². The van der Waals surface area contributed by atoms with Gasteiger partial charge in [-0.1, -0.05) is 68.4 Å². The van der Waals surface area contributed by atoms with Gasteiger partial charge in [-0.15, -0.1) is 0 Å². The Balaban J connectivity index is 1.26. The number of nitrogens with zero attached hydrogens (tertiary/aromatic N) is 2. The fourth-order valence-corrected chi connectivity index (χ4v) is 5.43. The predicted molar refractivity (Wildman–Crippen MR) is 146 cm³/mol. The van der Waals surface area contributed by atoms with E-state index in [1.165, 1.54) is 11.1 Å². The number of benzene rings is 2. The molecule has 8 heteroatoms. The molecule has 2 aromatic carbocycles. The zero-order valence-corrected chi connectivity index (χ0v) is 22.2. The number of nitrogens with one attached hydrogen (secondary N) is 2. The Morgan fingerprint density at radius 2 is 1.74 bits per heavy atom. The summed E-state index contributed by atoms with van der Waals surface area (Å²) in [7, 11) is 0. The number of H-pyrrole nitrogens is 1. The van der Waals surface area contributed by atoms with E-state index in [4.69, 9.17) is 14.5 Å². The molecule has 1 amide bonds. The number of carbonyl (C=O) groups is 1. The van der Waals surface area contributed by atoms with Crippen molar-refractivity contribution in [2.45, 2.75) is 63.9 Å². The molecular weight excluding hydrogens is 480 g/mol. The van der Waals surface area contributed by atoms with Crippen molar-refractivity contribution in [3.05, 3.63) is 66.6 Å². The highest BCUT2D eigenvalue weighted by atomic mass is 16.6. The summed E-state index contributed by atoms with van der Waals surface area (Å²) in [5, 5.41) is 14.4. The Kier molecular flexibility index (Phi) is 8.42. The van der Waals surface area contributed by atoms with E-state index >= 15 is 0 Å². The van der Waals surface area contributed by atoms with Gasteiger partial charge in [-0.05, 0) is 35.4 Å². The van der Waals surface area contributed by atoms with Crippen molar-refractivity contribution in [2.75, 3.05) is 19.8 Å². The van der Waals surface area contributed by atoms with Crippen molar-refractivity contribution in [3.63, 3.8) is 0 Å². The Morgan fingerprint density at radius 3 is 2.45 bits per heavy atom. The van der Waals surface area contributed by atoms with Crippen LogP contribution < -0.4 is 5.32 Å². The van der Waals surface area contributed by atoms with E-state index in [9.17, 15) is 9.90 Å². The van der Waals surface area contributed by atoms with Gasteiger partial charge in [-0.2, -0.15) is 0 Å². The summed E-state index contributed by atoms with van der Waals surface area (Å²) in [6.45, 7) is 5.93. The summed E-state index contributed by atoms with van der Waals surface area (Å²) in [5.41, 5.74) is 4.36. The number of hydrogen-bond acceptors (Lipinski definition) is 6. The Morgan fingerprint density at radius 1 is 1.05 bits per heavy atom. The van der Waals surface area contributed by atoms with Crippen molar-refractivity contribution in [1.29, 1.82) is 0 Å². The molecule has 0 aliphatic carbocycles. The van der Waals surface area contributed by atoms with Gasteiger partial charge in [0, 0.05) is 19.4 Å². The van der Waals surface area contributed by atoms with E-state index in [0.29, 0.717) is 26.1 Å². The number of aliphatic hydroxyl groups excluding tert-OH is 1. The third-order valence-electron chi connectivity index (χ3n) is 7.61. The number of ether oxygens (including phenoxy) is 2. The van der Waals surface area contributed by atoms with Crippen LogP contribution in [0.25, 0.3) is 22.4 Å². The summed E-state index contributed by atoms with van der Waals surface area (Å²) < 4.78 is 11.0. The van der Waals surface area contributed by atoms with Crippen LogP contribution in [-0.2, 0) is 9.47 Å². The van der Waals surface area contributed by atoms with Gasteiger partial charge in [-0.3, -0.25) is 4.90 Å². The molecule has 0 saturated carbocycles. The highest BCUT2D eigenvalue weighted by Gasteiger charge is 2.38. The highest BCUT2D eigenvalue weighted by Crippen LogP contribution is 2.34. The average Bonchev–Trinajstić information content (AvgIpc) is 3.63. The molecular formula is C30H38N4O4. The molecule has 0 radical (unpaired) electrons. The van der Waals surface area contributed by atoms with Crippen LogP contribution in [0.15, 0.2) is 60.8 Å². The smallest absolute Gasteiger partial charge is 0.407 e. The summed E-state index contributed by atoms with van der Waals surface area (Å²) in [5.74, 6) is 0.847. The van der Waals surface area contributed by atoms with Crippen LogP contribution in [0.2, 0.25) is 0 Å². The molecule has 2 fully saturated rings. The topological polar surface area (TPSA) is 99.7 Å². The molecule has 2 unspecified atom stereocenters. The number of hydrogen-bond donors (Lipinski definition) is 3. The first-order valence-electron chi connectivity index (χ1n) is 13.7. The van der Waals surface area contributed by atoms with Gasteiger partial charge in [0.25, 0.3) is 0 Å². The van der Waals surface area contributed by atoms with Crippen LogP contribution >= 0.6 is 0 Å². The van der Waals surface area contributed by atoms with Gasteiger partial charge in [0.15, 0.2) is 0 Å². The number of carbonyl (C=O) groups excluding carboxylic acids is 1. The number of amides is 1. The van der Waals surface area contributed by atoms with E-state index in [-0.39, 0.29) is 18.1 Å². The average molecular weight is 519 g/mol. The standard InChI is InChI=1S/C30H38N4O4/c1-20(2)27(33-30(36)38-24-14-17-37-18-15-24)29(35)34-16-6-9-26(34)28-31-19-25(32-28)23-12-10-22(11-13-23)21-7-4-3-5-8-21/h3-5,7-8,10-13,19-20,24,26-27,29,35H,6,9,14-18H2,1-2H3,(H,31,32)(H,33,36)/t26?,27-,29?/m0/s1. The van der Waals surface area contributed by atoms with Crippen molar-refractivity contribution in [2.24, 2.45) is 5.92 Å². The number of rotatable bonds is 8. The summed E-state index contributed by atoms with van der Waals surface area (Å²) in [6.07, 6.45) is 3.61. The maximum Gasteiger partial charge on any atom is 0.407 e. The third-order valence-corrected chi connectivity index (χ3v) is 7.61. The van der Waals surface area contributed by atoms with Gasteiger partial charge >= 0.3 is 6.09 Å². The normalized spacial score (nSPS) is 20.4. The molecule has 3 aromatic rings. The van der Waals surface area contributed by atoms with Crippen molar-refractivity contribution < 1.29 is 19.4 Å². The van der Waals surface area contributed by atoms with E-state index in [2.05, 4.69) is 46.7 Å². The first-order chi connectivity index (χ1) is 18.5. The maximum atomic E-state index is 12.6. The molecule has 8 nitrogen and oxygen atoms in total. The second kappa shape index (κ2) is 12.1. The summed E-state index contributed by atoms with van der Waals surface area (Å²) >= 11 is 0. The van der Waals surface area contributed by atoms with E-state index in [0.717, 1.165) is 36.5 Å². The molecule has 2 saturated heterocycles. The summed E-state index contributed by atoms with van der Waals surface area (Å²) in [4.78, 5) is 22.9. The van der Waals surface area contributed by atoms with Crippen molar-refractivity contribution in [1.82, 2.24) is 20.2 Å². The zero-order chi connectivity index (χ0) is 26.5. The number of aliphatic hydroxyl groups is 1. The van der Waals surface area contributed by atoms with E-state index < -0.39 is 18.4 Å². The van der Waals surface area contributed by atoms with Gasteiger partial charge in [0.1, 0.15) is 18.2 Å². The van der Waals surface area contributed by atoms with E-state index in [1.807, 2.05) is 43.1 Å². The third kappa shape index (κ3) is 6.09. The molecule has 2 aliphatic heterocycles. The zero-order valence-electron chi connectivity index (χ0n) is 22.2. The largest absolute Gasteiger partial charge is 0.446 e. The fourth-order valence-electron chi connectivity index (χ4n) is 5.43. The Labute approximate surface area is 224 Å². The number of alkyl carbamates (subject to hydrolysis) is 1. The molecule has 3 atom stereocenters. The Hall–Kier alpha value is -3.20. The highest BCUT2D eigenvalue weighted by molar-refractivity contribution is 5.69. The minimum absolute atomic E-state index is 0.0174. The van der Waals surface area contributed by atoms with Crippen molar-refractivity contribution in [3.8, 4) is 22.4 Å². The first kappa shape index (κ1) is 26.4. The molecule has 3 N–H and O–H groups in total. The lowest BCUT2D eigenvalue weighted by atomic mass is 10.0. The number of likely N-dealkylation sites (tertiary alicyclic amines) is 1.